The Morgan fingerprint density at radius 3 is 3.00 bits per heavy atom. The maximum absolute atomic E-state index is 13.7. The molecule has 27 heavy (non-hydrogen) atoms. The van der Waals surface area contributed by atoms with Crippen LogP contribution in [0, 0.1) is 5.82 Å². The fourth-order valence-corrected chi connectivity index (χ4v) is 3.94. The van der Waals surface area contributed by atoms with Crippen molar-refractivity contribution in [1.29, 1.82) is 0 Å². The van der Waals surface area contributed by atoms with Crippen LogP contribution in [-0.4, -0.2) is 42.4 Å². The number of pyridine rings is 1. The first-order chi connectivity index (χ1) is 12.9. The number of hydrogen-bond acceptors (Lipinski definition) is 6. The molecular weight excluding hydrogens is 371 g/mol. The Morgan fingerprint density at radius 2 is 2.22 bits per heavy atom. The largest absolute Gasteiger partial charge is 0.371 e. The molecule has 0 saturated carbocycles. The van der Waals surface area contributed by atoms with Gasteiger partial charge in [-0.1, -0.05) is 0 Å². The third-order valence-electron chi connectivity index (χ3n) is 4.62. The maximum atomic E-state index is 13.7. The number of halogens is 1. The number of hydrogen-bond donors (Lipinski definition) is 1. The number of aromatic nitrogens is 3. The summed E-state index contributed by atoms with van der Waals surface area (Å²) in [5.74, 6) is 0.413. The summed E-state index contributed by atoms with van der Waals surface area (Å²) in [4.78, 5) is 8.53. The molecule has 0 amide bonds. The van der Waals surface area contributed by atoms with Crippen LogP contribution in [0.15, 0.2) is 41.6 Å². The average Bonchev–Trinajstić information content (AvgIpc) is 3.01. The summed E-state index contributed by atoms with van der Waals surface area (Å²) >= 11 is 0. The van der Waals surface area contributed by atoms with E-state index in [-0.39, 0.29) is 16.8 Å². The van der Waals surface area contributed by atoms with E-state index in [0.717, 1.165) is 11.3 Å². The molecule has 7 nitrogen and oxygen atoms in total. The van der Waals surface area contributed by atoms with E-state index in [4.69, 9.17) is 4.74 Å². The van der Waals surface area contributed by atoms with Crippen LogP contribution >= 0.6 is 0 Å². The Balaban J connectivity index is 1.58. The van der Waals surface area contributed by atoms with E-state index >= 15 is 0 Å². The van der Waals surface area contributed by atoms with E-state index in [9.17, 15) is 12.8 Å². The summed E-state index contributed by atoms with van der Waals surface area (Å²) in [6, 6.07) is 6.59. The molecule has 4 rings (SSSR count). The van der Waals surface area contributed by atoms with Crippen LogP contribution in [-0.2, 0) is 27.7 Å². The van der Waals surface area contributed by atoms with E-state index in [1.165, 1.54) is 12.5 Å². The number of benzene rings is 1. The number of nitrogens with zero attached hydrogens (tertiary/aromatic N) is 3. The minimum Gasteiger partial charge on any atom is -0.371 e. The van der Waals surface area contributed by atoms with Crippen LogP contribution in [0.1, 0.15) is 17.4 Å². The SMILES string of the molecule is CS(=O)(=O)c1ccc2c(c1)nc1n2C(CNCc2ccncc2F)COC1. The number of rotatable bonds is 5. The van der Waals surface area contributed by atoms with Crippen LogP contribution < -0.4 is 5.32 Å². The van der Waals surface area contributed by atoms with Crippen molar-refractivity contribution in [3.05, 3.63) is 53.9 Å². The molecule has 2 aromatic heterocycles. The molecule has 0 fully saturated rings. The van der Waals surface area contributed by atoms with Gasteiger partial charge in [0.25, 0.3) is 0 Å². The Bertz CT molecular complexity index is 1100. The van der Waals surface area contributed by atoms with Crippen LogP contribution in [0.5, 0.6) is 0 Å². The van der Waals surface area contributed by atoms with E-state index in [1.54, 1.807) is 30.5 Å². The highest BCUT2D eigenvalue weighted by Gasteiger charge is 2.24. The second-order valence-electron chi connectivity index (χ2n) is 6.59. The zero-order valence-corrected chi connectivity index (χ0v) is 15.5. The Labute approximate surface area is 156 Å². The quantitative estimate of drug-likeness (QED) is 0.715. The van der Waals surface area contributed by atoms with E-state index in [1.807, 2.05) is 0 Å². The Morgan fingerprint density at radius 1 is 1.37 bits per heavy atom. The molecule has 1 aromatic carbocycles. The monoisotopic (exact) mass is 390 g/mol. The predicted octanol–water partition coefficient (Wildman–Crippen LogP) is 1.84. The molecule has 3 aromatic rings. The second kappa shape index (κ2) is 6.99. The summed E-state index contributed by atoms with van der Waals surface area (Å²) in [6.07, 6.45) is 3.93. The van der Waals surface area contributed by atoms with Gasteiger partial charge in [-0.25, -0.2) is 17.8 Å². The molecule has 1 N–H and O–H groups in total. The van der Waals surface area contributed by atoms with Crippen molar-refractivity contribution in [2.45, 2.75) is 24.1 Å². The number of sulfone groups is 1. The van der Waals surface area contributed by atoms with Crippen molar-refractivity contribution < 1.29 is 17.5 Å². The van der Waals surface area contributed by atoms with E-state index in [0.29, 0.717) is 37.4 Å². The van der Waals surface area contributed by atoms with Gasteiger partial charge >= 0.3 is 0 Å². The summed E-state index contributed by atoms with van der Waals surface area (Å²) in [5.41, 5.74) is 2.04. The highest BCUT2D eigenvalue weighted by atomic mass is 32.2. The van der Waals surface area contributed by atoms with Gasteiger partial charge in [0, 0.05) is 31.1 Å². The number of nitrogens with one attached hydrogen (secondary N) is 1. The molecule has 0 spiro atoms. The molecule has 1 aliphatic rings. The lowest BCUT2D eigenvalue weighted by Gasteiger charge is -2.26. The van der Waals surface area contributed by atoms with Crippen molar-refractivity contribution >= 4 is 20.9 Å². The third kappa shape index (κ3) is 3.58. The lowest BCUT2D eigenvalue weighted by atomic mass is 10.2. The summed E-state index contributed by atoms with van der Waals surface area (Å²) in [7, 11) is -3.29. The molecule has 1 atom stereocenters. The van der Waals surface area contributed by atoms with Gasteiger partial charge in [-0.05, 0) is 24.3 Å². The molecule has 1 aliphatic heterocycles. The lowest BCUT2D eigenvalue weighted by Crippen LogP contribution is -2.32. The maximum Gasteiger partial charge on any atom is 0.175 e. The van der Waals surface area contributed by atoms with Crippen LogP contribution in [0.25, 0.3) is 11.0 Å². The van der Waals surface area contributed by atoms with Crippen LogP contribution in [0.2, 0.25) is 0 Å². The van der Waals surface area contributed by atoms with Crippen LogP contribution in [0.4, 0.5) is 4.39 Å². The molecule has 3 heterocycles. The lowest BCUT2D eigenvalue weighted by molar-refractivity contribution is 0.0564. The van der Waals surface area contributed by atoms with Crippen molar-refractivity contribution in [2.24, 2.45) is 0 Å². The van der Waals surface area contributed by atoms with Gasteiger partial charge in [0.05, 0.1) is 34.8 Å². The standard InChI is InChI=1S/C18H19FN4O3S/c1-27(24,25)14-2-3-17-16(6-14)22-18-11-26-10-13(23(17)18)8-21-7-12-4-5-20-9-15(12)19/h2-6,9,13,21H,7-8,10-11H2,1H3. The summed E-state index contributed by atoms with van der Waals surface area (Å²) < 4.78 is 45.0. The number of imidazole rings is 1. The van der Waals surface area contributed by atoms with Gasteiger partial charge < -0.3 is 14.6 Å². The fourth-order valence-electron chi connectivity index (χ4n) is 3.30. The molecular formula is C18H19FN4O3S. The second-order valence-corrected chi connectivity index (χ2v) is 8.60. The Hall–Kier alpha value is -2.36. The predicted molar refractivity (Wildman–Crippen MR) is 97.4 cm³/mol. The van der Waals surface area contributed by atoms with Gasteiger partial charge in [0.1, 0.15) is 18.2 Å². The van der Waals surface area contributed by atoms with Crippen LogP contribution in [0.3, 0.4) is 0 Å². The minimum atomic E-state index is -3.29. The smallest absolute Gasteiger partial charge is 0.175 e. The zero-order valence-electron chi connectivity index (χ0n) is 14.7. The topological polar surface area (TPSA) is 86.1 Å². The molecule has 0 aliphatic carbocycles. The molecule has 142 valence electrons. The van der Waals surface area contributed by atoms with Crippen molar-refractivity contribution in [3.8, 4) is 0 Å². The molecule has 0 radical (unpaired) electrons. The molecule has 0 bridgehead atoms. The third-order valence-corrected chi connectivity index (χ3v) is 5.73. The van der Waals surface area contributed by atoms with E-state index < -0.39 is 9.84 Å². The van der Waals surface area contributed by atoms with Crippen molar-refractivity contribution in [1.82, 2.24) is 19.9 Å². The van der Waals surface area contributed by atoms with Crippen molar-refractivity contribution in [2.75, 3.05) is 19.4 Å². The highest BCUT2D eigenvalue weighted by Crippen LogP contribution is 2.27. The fraction of sp³-hybridized carbons (Fsp3) is 0.333. The summed E-state index contributed by atoms with van der Waals surface area (Å²) in [5, 5.41) is 3.25. The molecule has 9 heteroatoms. The van der Waals surface area contributed by atoms with Gasteiger partial charge in [0.15, 0.2) is 9.84 Å². The zero-order chi connectivity index (χ0) is 19.0. The number of fused-ring (bicyclic) bond motifs is 3. The number of ether oxygens (including phenoxy) is 1. The van der Waals surface area contributed by atoms with Gasteiger partial charge in [-0.2, -0.15) is 0 Å². The van der Waals surface area contributed by atoms with Gasteiger partial charge in [-0.3, -0.25) is 4.98 Å². The first-order valence-electron chi connectivity index (χ1n) is 8.51. The first kappa shape index (κ1) is 18.0. The Kier molecular flexibility index (Phi) is 4.67. The minimum absolute atomic E-state index is 0.0206. The average molecular weight is 390 g/mol. The van der Waals surface area contributed by atoms with E-state index in [2.05, 4.69) is 19.9 Å². The van der Waals surface area contributed by atoms with Gasteiger partial charge in [-0.15, -0.1) is 0 Å². The first-order valence-corrected chi connectivity index (χ1v) is 10.4. The van der Waals surface area contributed by atoms with Crippen molar-refractivity contribution in [3.63, 3.8) is 0 Å². The normalized spacial score (nSPS) is 17.2. The molecule has 1 unspecified atom stereocenters. The summed E-state index contributed by atoms with van der Waals surface area (Å²) in [6.45, 7) is 1.82. The van der Waals surface area contributed by atoms with Gasteiger partial charge in [0.2, 0.25) is 0 Å². The highest BCUT2D eigenvalue weighted by molar-refractivity contribution is 7.90. The molecule has 0 saturated heterocycles.